The van der Waals surface area contributed by atoms with Crippen molar-refractivity contribution in [2.75, 3.05) is 13.1 Å². The maximum absolute atomic E-state index is 12.4. The first-order chi connectivity index (χ1) is 9.38. The lowest BCUT2D eigenvalue weighted by Crippen LogP contribution is -2.31. The van der Waals surface area contributed by atoms with Crippen LogP contribution in [0.2, 0.25) is 0 Å². The molecule has 1 aliphatic rings. The minimum absolute atomic E-state index is 0.00667. The van der Waals surface area contributed by atoms with Crippen LogP contribution in [0.3, 0.4) is 0 Å². The summed E-state index contributed by atoms with van der Waals surface area (Å²) in [5.74, 6) is -0.124. The van der Waals surface area contributed by atoms with E-state index >= 15 is 0 Å². The molecule has 1 aliphatic heterocycles. The van der Waals surface area contributed by atoms with Gasteiger partial charge in [-0.25, -0.2) is 0 Å². The molecule has 1 saturated heterocycles. The number of hydrogen-bond donors (Lipinski definition) is 2. The smallest absolute Gasteiger partial charge is 0.254 e. The Morgan fingerprint density at radius 1 is 1.40 bits per heavy atom. The highest BCUT2D eigenvalue weighted by atomic mass is 16.5. The van der Waals surface area contributed by atoms with Crippen molar-refractivity contribution in [2.45, 2.75) is 39.1 Å². The second-order valence-corrected chi connectivity index (χ2v) is 5.50. The van der Waals surface area contributed by atoms with E-state index in [0.29, 0.717) is 12.1 Å². The van der Waals surface area contributed by atoms with Crippen LogP contribution >= 0.6 is 0 Å². The Balaban J connectivity index is 2.13. The number of likely N-dealkylation sites (tertiary alicyclic amines) is 1. The number of aromatic hydroxyl groups is 1. The Morgan fingerprint density at radius 3 is 2.75 bits per heavy atom. The molecule has 1 amide bonds. The van der Waals surface area contributed by atoms with E-state index in [1.54, 1.807) is 17.0 Å². The van der Waals surface area contributed by atoms with Gasteiger partial charge in [0.1, 0.15) is 11.9 Å². The first-order valence-electron chi connectivity index (χ1n) is 6.81. The number of rotatable bonds is 3. The lowest BCUT2D eigenvalue weighted by Gasteiger charge is -2.19. The summed E-state index contributed by atoms with van der Waals surface area (Å²) in [5, 5.41) is 19.5. The third-order valence-corrected chi connectivity index (χ3v) is 3.42. The zero-order valence-corrected chi connectivity index (χ0v) is 12.0. The van der Waals surface area contributed by atoms with Crippen LogP contribution in [-0.2, 0) is 4.74 Å². The van der Waals surface area contributed by atoms with Crippen molar-refractivity contribution in [3.05, 3.63) is 29.3 Å². The van der Waals surface area contributed by atoms with Gasteiger partial charge in [-0.2, -0.15) is 0 Å². The summed E-state index contributed by atoms with van der Waals surface area (Å²) >= 11 is 0. The third kappa shape index (κ3) is 3.11. The number of aliphatic hydroxyl groups excluding tert-OH is 1. The van der Waals surface area contributed by atoms with Gasteiger partial charge in [-0.3, -0.25) is 4.79 Å². The molecule has 0 aromatic heterocycles. The van der Waals surface area contributed by atoms with Gasteiger partial charge in [0.15, 0.2) is 0 Å². The van der Waals surface area contributed by atoms with E-state index in [0.717, 1.165) is 5.56 Å². The molecule has 1 aromatic carbocycles. The van der Waals surface area contributed by atoms with Gasteiger partial charge in [-0.05, 0) is 38.5 Å². The summed E-state index contributed by atoms with van der Waals surface area (Å²) in [6.45, 7) is 6.24. The number of phenolic OH excluding ortho intramolecular Hbond substituents is 1. The van der Waals surface area contributed by atoms with Crippen molar-refractivity contribution in [3.63, 3.8) is 0 Å². The second kappa shape index (κ2) is 5.81. The van der Waals surface area contributed by atoms with Crippen LogP contribution in [-0.4, -0.2) is 52.4 Å². The van der Waals surface area contributed by atoms with Crippen molar-refractivity contribution < 1.29 is 19.7 Å². The molecular formula is C15H21NO4. The molecule has 0 unspecified atom stereocenters. The Morgan fingerprint density at radius 2 is 2.10 bits per heavy atom. The number of ether oxygens (including phenoxy) is 1. The minimum Gasteiger partial charge on any atom is -0.508 e. The number of aryl methyl sites for hydroxylation is 1. The molecule has 2 atom stereocenters. The molecule has 1 fully saturated rings. The van der Waals surface area contributed by atoms with Crippen molar-refractivity contribution in [1.82, 2.24) is 4.90 Å². The van der Waals surface area contributed by atoms with E-state index in [1.165, 1.54) is 6.07 Å². The molecule has 1 heterocycles. The molecular weight excluding hydrogens is 258 g/mol. The zero-order chi connectivity index (χ0) is 14.9. The third-order valence-electron chi connectivity index (χ3n) is 3.42. The standard InChI is InChI=1S/C15H21NO4/c1-9(2)20-14-8-16(7-13(14)18)15(19)12-6-11(17)5-4-10(12)3/h4-6,9,13-14,17-18H,7-8H2,1-3H3/t13-,14-/m0/s1. The molecule has 0 radical (unpaired) electrons. The Kier molecular flexibility index (Phi) is 4.30. The summed E-state index contributed by atoms with van der Waals surface area (Å²) < 4.78 is 5.60. The van der Waals surface area contributed by atoms with Crippen LogP contribution in [0.4, 0.5) is 0 Å². The molecule has 1 aromatic rings. The Hall–Kier alpha value is -1.59. The number of carbonyl (C=O) groups excluding carboxylic acids is 1. The van der Waals surface area contributed by atoms with Crippen molar-refractivity contribution in [3.8, 4) is 5.75 Å². The number of amides is 1. The summed E-state index contributed by atoms with van der Waals surface area (Å²) in [5.41, 5.74) is 1.26. The molecule has 2 N–H and O–H groups in total. The molecule has 0 spiro atoms. The van der Waals surface area contributed by atoms with E-state index in [1.807, 2.05) is 20.8 Å². The number of carbonyl (C=O) groups is 1. The van der Waals surface area contributed by atoms with E-state index in [4.69, 9.17) is 4.74 Å². The average Bonchev–Trinajstić information content (AvgIpc) is 2.72. The lowest BCUT2D eigenvalue weighted by atomic mass is 10.1. The van der Waals surface area contributed by atoms with Gasteiger partial charge in [0, 0.05) is 18.7 Å². The zero-order valence-electron chi connectivity index (χ0n) is 12.0. The molecule has 110 valence electrons. The van der Waals surface area contributed by atoms with Gasteiger partial charge in [-0.15, -0.1) is 0 Å². The predicted octanol–water partition coefficient (Wildman–Crippen LogP) is 1.31. The number of nitrogens with zero attached hydrogens (tertiary/aromatic N) is 1. The molecule has 5 heteroatoms. The molecule has 20 heavy (non-hydrogen) atoms. The summed E-state index contributed by atoms with van der Waals surface area (Å²) in [6.07, 6.45) is -1.01. The number of β-amino-alcohol motifs (C(OH)–C–C–N with tert-alkyl or cyclic N) is 1. The largest absolute Gasteiger partial charge is 0.508 e. The minimum atomic E-state index is -0.668. The number of benzene rings is 1. The maximum atomic E-state index is 12.4. The number of hydrogen-bond acceptors (Lipinski definition) is 4. The topological polar surface area (TPSA) is 70.0 Å². The lowest BCUT2D eigenvalue weighted by molar-refractivity contribution is -0.0394. The summed E-state index contributed by atoms with van der Waals surface area (Å²) in [4.78, 5) is 14.0. The van der Waals surface area contributed by atoms with Gasteiger partial charge in [0.25, 0.3) is 5.91 Å². The van der Waals surface area contributed by atoms with E-state index in [9.17, 15) is 15.0 Å². The maximum Gasteiger partial charge on any atom is 0.254 e. The SMILES string of the molecule is Cc1ccc(O)cc1C(=O)N1C[C@H](OC(C)C)[C@@H](O)C1. The fourth-order valence-electron chi connectivity index (χ4n) is 2.42. The first-order valence-corrected chi connectivity index (χ1v) is 6.81. The predicted molar refractivity (Wildman–Crippen MR) is 74.8 cm³/mol. The summed E-state index contributed by atoms with van der Waals surface area (Å²) in [6, 6.07) is 4.72. The Labute approximate surface area is 118 Å². The van der Waals surface area contributed by atoms with Crippen LogP contribution < -0.4 is 0 Å². The molecule has 5 nitrogen and oxygen atoms in total. The van der Waals surface area contributed by atoms with Crippen molar-refractivity contribution in [1.29, 1.82) is 0 Å². The highest BCUT2D eigenvalue weighted by Crippen LogP contribution is 2.22. The van der Waals surface area contributed by atoms with Crippen LogP contribution in [0.15, 0.2) is 18.2 Å². The summed E-state index contributed by atoms with van der Waals surface area (Å²) in [7, 11) is 0. The number of aliphatic hydroxyl groups is 1. The van der Waals surface area contributed by atoms with Crippen LogP contribution in [0.25, 0.3) is 0 Å². The second-order valence-electron chi connectivity index (χ2n) is 5.50. The first kappa shape index (κ1) is 14.8. The van der Waals surface area contributed by atoms with Crippen LogP contribution in [0, 0.1) is 6.92 Å². The van der Waals surface area contributed by atoms with Gasteiger partial charge < -0.3 is 19.8 Å². The molecule has 0 bridgehead atoms. The molecule has 0 saturated carbocycles. The fourth-order valence-corrected chi connectivity index (χ4v) is 2.42. The van der Waals surface area contributed by atoms with Gasteiger partial charge in [0.2, 0.25) is 0 Å². The van der Waals surface area contributed by atoms with Crippen LogP contribution in [0.1, 0.15) is 29.8 Å². The molecule has 2 rings (SSSR count). The van der Waals surface area contributed by atoms with Crippen molar-refractivity contribution in [2.24, 2.45) is 0 Å². The Bertz CT molecular complexity index is 501. The monoisotopic (exact) mass is 279 g/mol. The van der Waals surface area contributed by atoms with E-state index in [2.05, 4.69) is 0 Å². The fraction of sp³-hybridized carbons (Fsp3) is 0.533. The van der Waals surface area contributed by atoms with Gasteiger partial charge in [0.05, 0.1) is 12.2 Å². The quantitative estimate of drug-likeness (QED) is 0.875. The average molecular weight is 279 g/mol. The van der Waals surface area contributed by atoms with Gasteiger partial charge >= 0.3 is 0 Å². The van der Waals surface area contributed by atoms with Crippen LogP contribution in [0.5, 0.6) is 5.75 Å². The van der Waals surface area contributed by atoms with E-state index < -0.39 is 6.10 Å². The highest BCUT2D eigenvalue weighted by Gasteiger charge is 2.35. The van der Waals surface area contributed by atoms with E-state index in [-0.39, 0.29) is 30.4 Å². The van der Waals surface area contributed by atoms with Gasteiger partial charge in [-0.1, -0.05) is 6.07 Å². The van der Waals surface area contributed by atoms with Crippen molar-refractivity contribution >= 4 is 5.91 Å². The number of phenols is 1. The normalized spacial score (nSPS) is 22.6. The highest BCUT2D eigenvalue weighted by molar-refractivity contribution is 5.96. The molecule has 0 aliphatic carbocycles.